The number of hydrogen-bond donors (Lipinski definition) is 2. The molecule has 4 atom stereocenters. The Labute approximate surface area is 165 Å². The van der Waals surface area contributed by atoms with Gasteiger partial charge in [0.25, 0.3) is 0 Å². The summed E-state index contributed by atoms with van der Waals surface area (Å²) in [5.74, 6) is -0.439. The molecule has 0 aromatic heterocycles. The Morgan fingerprint density at radius 2 is 1.89 bits per heavy atom. The van der Waals surface area contributed by atoms with Crippen LogP contribution in [0.3, 0.4) is 0 Å². The molecule has 2 aliphatic rings. The van der Waals surface area contributed by atoms with Crippen LogP contribution in [0.15, 0.2) is 24.3 Å². The van der Waals surface area contributed by atoms with Crippen molar-refractivity contribution < 1.29 is 24.2 Å². The number of nitrogens with one attached hydrogen (secondary N) is 1. The van der Waals surface area contributed by atoms with Gasteiger partial charge in [-0.05, 0) is 42.9 Å². The molecule has 1 aliphatic heterocycles. The van der Waals surface area contributed by atoms with E-state index in [2.05, 4.69) is 5.32 Å². The van der Waals surface area contributed by atoms with E-state index in [1.165, 1.54) is 6.92 Å². The maximum Gasteiger partial charge on any atom is 0.326 e. The summed E-state index contributed by atoms with van der Waals surface area (Å²) in [5.41, 5.74) is 0.788. The van der Waals surface area contributed by atoms with Crippen LogP contribution in [-0.2, 0) is 14.4 Å². The number of methoxy groups -OCH3 is 1. The molecule has 2 amide bonds. The standard InChI is InChI=1S/C21H28N2O5/c1-13(24)22-17(14-7-9-16(28-2)10-8-14)12-20(25)23-18-6-4-3-5-15(18)11-19(23)21(26)27/h7-10,15,17-19H,3-6,11-12H2,1-2H3,(H,22,24)(H,26,27)/t15-,17-,18+,19-/m0/s1. The molecular weight excluding hydrogens is 360 g/mol. The molecule has 1 aromatic carbocycles. The Morgan fingerprint density at radius 1 is 1.21 bits per heavy atom. The van der Waals surface area contributed by atoms with E-state index in [0.29, 0.717) is 12.2 Å². The minimum absolute atomic E-state index is 0.00352. The second-order valence-corrected chi connectivity index (χ2v) is 7.73. The van der Waals surface area contributed by atoms with E-state index in [0.717, 1.165) is 31.2 Å². The largest absolute Gasteiger partial charge is 0.497 e. The molecule has 0 bridgehead atoms. The lowest BCUT2D eigenvalue weighted by Crippen LogP contribution is -2.47. The molecule has 0 unspecified atom stereocenters. The van der Waals surface area contributed by atoms with Crippen LogP contribution in [0.4, 0.5) is 0 Å². The van der Waals surface area contributed by atoms with Crippen molar-refractivity contribution in [3.05, 3.63) is 29.8 Å². The Hall–Kier alpha value is -2.57. The zero-order chi connectivity index (χ0) is 20.3. The topological polar surface area (TPSA) is 95.9 Å². The molecule has 2 fully saturated rings. The number of carbonyl (C=O) groups is 3. The average molecular weight is 388 g/mol. The number of amides is 2. The molecule has 0 spiro atoms. The first kappa shape index (κ1) is 20.2. The molecule has 1 saturated heterocycles. The number of carbonyl (C=O) groups excluding carboxylic acids is 2. The van der Waals surface area contributed by atoms with Crippen molar-refractivity contribution in [2.45, 2.75) is 63.6 Å². The van der Waals surface area contributed by atoms with Gasteiger partial charge in [0.15, 0.2) is 0 Å². The third kappa shape index (κ3) is 4.29. The minimum Gasteiger partial charge on any atom is -0.497 e. The average Bonchev–Trinajstić information content (AvgIpc) is 3.07. The maximum atomic E-state index is 13.2. The number of nitrogens with zero attached hydrogens (tertiary/aromatic N) is 1. The first-order valence-corrected chi connectivity index (χ1v) is 9.85. The summed E-state index contributed by atoms with van der Waals surface area (Å²) in [6.07, 6.45) is 4.51. The molecule has 2 N–H and O–H groups in total. The fraction of sp³-hybridized carbons (Fsp3) is 0.571. The summed E-state index contributed by atoms with van der Waals surface area (Å²) in [5, 5.41) is 12.5. The van der Waals surface area contributed by atoms with Gasteiger partial charge in [0.05, 0.1) is 19.6 Å². The zero-order valence-electron chi connectivity index (χ0n) is 16.4. The SMILES string of the molecule is COc1ccc([C@H](CC(=O)N2[C@@H]3CCCC[C@H]3C[C@H]2C(=O)O)NC(C)=O)cc1. The number of rotatable bonds is 6. The van der Waals surface area contributed by atoms with Crippen LogP contribution in [0, 0.1) is 5.92 Å². The van der Waals surface area contributed by atoms with E-state index >= 15 is 0 Å². The Balaban J connectivity index is 1.81. The Morgan fingerprint density at radius 3 is 2.50 bits per heavy atom. The van der Waals surface area contributed by atoms with Crippen LogP contribution < -0.4 is 10.1 Å². The van der Waals surface area contributed by atoms with Crippen LogP contribution in [0.1, 0.15) is 57.1 Å². The van der Waals surface area contributed by atoms with Gasteiger partial charge in [-0.25, -0.2) is 4.79 Å². The number of benzene rings is 1. The first-order chi connectivity index (χ1) is 13.4. The Bertz CT molecular complexity index is 733. The van der Waals surface area contributed by atoms with Crippen molar-refractivity contribution >= 4 is 17.8 Å². The molecule has 7 heteroatoms. The van der Waals surface area contributed by atoms with Crippen molar-refractivity contribution in [2.24, 2.45) is 5.92 Å². The van der Waals surface area contributed by atoms with Crippen molar-refractivity contribution in [2.75, 3.05) is 7.11 Å². The fourth-order valence-corrected chi connectivity index (χ4v) is 4.65. The van der Waals surface area contributed by atoms with Gasteiger partial charge < -0.3 is 20.1 Å². The molecule has 7 nitrogen and oxygen atoms in total. The van der Waals surface area contributed by atoms with Gasteiger partial charge in [-0.1, -0.05) is 25.0 Å². The van der Waals surface area contributed by atoms with Crippen LogP contribution in [0.5, 0.6) is 5.75 Å². The van der Waals surface area contributed by atoms with Crippen molar-refractivity contribution in [1.82, 2.24) is 10.2 Å². The van der Waals surface area contributed by atoms with E-state index in [1.54, 1.807) is 24.1 Å². The molecule has 1 aliphatic carbocycles. The fourth-order valence-electron chi connectivity index (χ4n) is 4.65. The number of aliphatic carboxylic acids is 1. The highest BCUT2D eigenvalue weighted by molar-refractivity contribution is 5.85. The highest BCUT2D eigenvalue weighted by Gasteiger charge is 2.47. The van der Waals surface area contributed by atoms with E-state index in [1.807, 2.05) is 12.1 Å². The molecule has 28 heavy (non-hydrogen) atoms. The van der Waals surface area contributed by atoms with Crippen molar-refractivity contribution in [3.8, 4) is 5.75 Å². The van der Waals surface area contributed by atoms with Crippen LogP contribution in [0.2, 0.25) is 0 Å². The molecule has 1 saturated carbocycles. The summed E-state index contributed by atoms with van der Waals surface area (Å²) < 4.78 is 5.16. The van der Waals surface area contributed by atoms with Gasteiger partial charge >= 0.3 is 5.97 Å². The predicted octanol–water partition coefficient (Wildman–Crippen LogP) is 2.51. The molecule has 152 valence electrons. The van der Waals surface area contributed by atoms with Crippen molar-refractivity contribution in [3.63, 3.8) is 0 Å². The summed E-state index contributed by atoms with van der Waals surface area (Å²) in [6, 6.07) is 5.91. The summed E-state index contributed by atoms with van der Waals surface area (Å²) in [4.78, 5) is 38.3. The zero-order valence-corrected chi connectivity index (χ0v) is 16.4. The number of carboxylic acid groups (broad SMARTS) is 1. The summed E-state index contributed by atoms with van der Waals surface area (Å²) >= 11 is 0. The van der Waals surface area contributed by atoms with E-state index < -0.39 is 18.1 Å². The molecule has 3 rings (SSSR count). The van der Waals surface area contributed by atoms with Gasteiger partial charge in [0, 0.05) is 13.0 Å². The minimum atomic E-state index is -0.941. The van der Waals surface area contributed by atoms with Gasteiger partial charge in [-0.2, -0.15) is 0 Å². The van der Waals surface area contributed by atoms with Gasteiger partial charge in [0.2, 0.25) is 11.8 Å². The van der Waals surface area contributed by atoms with Crippen LogP contribution >= 0.6 is 0 Å². The smallest absolute Gasteiger partial charge is 0.326 e. The van der Waals surface area contributed by atoms with Crippen molar-refractivity contribution in [1.29, 1.82) is 0 Å². The van der Waals surface area contributed by atoms with Gasteiger partial charge in [-0.3, -0.25) is 9.59 Å². The molecule has 1 heterocycles. The normalized spacial score (nSPS) is 24.9. The van der Waals surface area contributed by atoms with E-state index in [9.17, 15) is 19.5 Å². The first-order valence-electron chi connectivity index (χ1n) is 9.85. The number of hydrogen-bond acceptors (Lipinski definition) is 4. The number of likely N-dealkylation sites (tertiary alicyclic amines) is 1. The third-order valence-electron chi connectivity index (χ3n) is 5.94. The number of ether oxygens (including phenoxy) is 1. The number of fused-ring (bicyclic) bond motifs is 1. The highest BCUT2D eigenvalue weighted by Crippen LogP contribution is 2.40. The summed E-state index contributed by atoms with van der Waals surface area (Å²) in [7, 11) is 1.57. The quantitative estimate of drug-likeness (QED) is 0.781. The lowest BCUT2D eigenvalue weighted by Gasteiger charge is -2.34. The Kier molecular flexibility index (Phi) is 6.21. The molecule has 1 aromatic rings. The second kappa shape index (κ2) is 8.63. The maximum absolute atomic E-state index is 13.2. The van der Waals surface area contributed by atoms with Crippen LogP contribution in [0.25, 0.3) is 0 Å². The van der Waals surface area contributed by atoms with E-state index in [-0.39, 0.29) is 30.2 Å². The third-order valence-corrected chi connectivity index (χ3v) is 5.94. The lowest BCUT2D eigenvalue weighted by molar-refractivity contribution is -0.150. The lowest BCUT2D eigenvalue weighted by atomic mass is 9.84. The van der Waals surface area contributed by atoms with E-state index in [4.69, 9.17) is 4.74 Å². The monoisotopic (exact) mass is 388 g/mol. The second-order valence-electron chi connectivity index (χ2n) is 7.73. The molecule has 0 radical (unpaired) electrons. The van der Waals surface area contributed by atoms with Gasteiger partial charge in [0.1, 0.15) is 11.8 Å². The summed E-state index contributed by atoms with van der Waals surface area (Å²) in [6.45, 7) is 1.41. The molecular formula is C21H28N2O5. The van der Waals surface area contributed by atoms with Gasteiger partial charge in [-0.15, -0.1) is 0 Å². The highest BCUT2D eigenvalue weighted by atomic mass is 16.5. The van der Waals surface area contributed by atoms with Crippen LogP contribution in [-0.4, -0.2) is 47.0 Å². The predicted molar refractivity (Wildman–Crippen MR) is 103 cm³/mol. The number of carboxylic acids is 1.